The highest BCUT2D eigenvalue weighted by molar-refractivity contribution is 5.78. The average Bonchev–Trinajstić information content (AvgIpc) is 3.34. The van der Waals surface area contributed by atoms with Crippen molar-refractivity contribution >= 4 is 5.91 Å². The number of amides is 1. The zero-order chi connectivity index (χ0) is 15.4. The summed E-state index contributed by atoms with van der Waals surface area (Å²) < 4.78 is 0. The van der Waals surface area contributed by atoms with E-state index < -0.39 is 0 Å². The molecule has 1 unspecified atom stereocenters. The summed E-state index contributed by atoms with van der Waals surface area (Å²) in [6.45, 7) is 2.42. The third-order valence-electron chi connectivity index (χ3n) is 3.95. The summed E-state index contributed by atoms with van der Waals surface area (Å²) in [4.78, 5) is 11.9. The van der Waals surface area contributed by atoms with Gasteiger partial charge in [-0.15, -0.1) is 0 Å². The first-order valence-corrected chi connectivity index (χ1v) is 7.86. The molecule has 1 aliphatic rings. The van der Waals surface area contributed by atoms with Crippen LogP contribution in [0, 0.1) is 6.92 Å². The van der Waals surface area contributed by atoms with Gasteiger partial charge in [-0.1, -0.05) is 60.2 Å². The zero-order valence-corrected chi connectivity index (χ0v) is 12.9. The van der Waals surface area contributed by atoms with Crippen molar-refractivity contribution in [3.8, 4) is 0 Å². The van der Waals surface area contributed by atoms with Gasteiger partial charge in [0.25, 0.3) is 0 Å². The summed E-state index contributed by atoms with van der Waals surface area (Å²) >= 11 is 0. The molecule has 3 rings (SSSR count). The highest BCUT2D eigenvalue weighted by Gasteiger charge is 2.23. The van der Waals surface area contributed by atoms with Crippen molar-refractivity contribution in [3.63, 3.8) is 0 Å². The van der Waals surface area contributed by atoms with Crippen molar-refractivity contribution in [2.75, 3.05) is 6.54 Å². The second-order valence-electron chi connectivity index (χ2n) is 5.98. The fourth-order valence-corrected chi connectivity index (χ4v) is 2.53. The van der Waals surface area contributed by atoms with Crippen molar-refractivity contribution in [2.24, 2.45) is 0 Å². The molecule has 22 heavy (non-hydrogen) atoms. The Labute approximate surface area is 131 Å². The number of nitrogens with one attached hydrogen (secondary N) is 2. The van der Waals surface area contributed by atoms with Gasteiger partial charge in [0, 0.05) is 6.04 Å². The van der Waals surface area contributed by atoms with Gasteiger partial charge in [-0.05, 0) is 30.9 Å². The van der Waals surface area contributed by atoms with Crippen molar-refractivity contribution in [1.29, 1.82) is 0 Å². The molecule has 2 N–H and O–H groups in total. The molecule has 0 heterocycles. The summed E-state index contributed by atoms with van der Waals surface area (Å²) in [7, 11) is 0. The second kappa shape index (κ2) is 6.75. The highest BCUT2D eigenvalue weighted by atomic mass is 16.2. The van der Waals surface area contributed by atoms with Crippen LogP contribution in [-0.2, 0) is 4.79 Å². The van der Waals surface area contributed by atoms with Crippen LogP contribution in [0.3, 0.4) is 0 Å². The van der Waals surface area contributed by atoms with Crippen LogP contribution >= 0.6 is 0 Å². The lowest BCUT2D eigenvalue weighted by atomic mass is 9.98. The van der Waals surface area contributed by atoms with E-state index in [1.165, 1.54) is 16.7 Å². The maximum absolute atomic E-state index is 11.9. The standard InChI is InChI=1S/C19H22N2O/c1-14-7-9-16(10-8-14)19(15-5-3-2-4-6-15)20-13-18(22)21-17-11-12-17/h2-10,17,19-20H,11-13H2,1H3,(H,21,22). The van der Waals surface area contributed by atoms with E-state index in [9.17, 15) is 4.79 Å². The van der Waals surface area contributed by atoms with Gasteiger partial charge in [-0.3, -0.25) is 10.1 Å². The van der Waals surface area contributed by atoms with Gasteiger partial charge in [0.1, 0.15) is 0 Å². The van der Waals surface area contributed by atoms with E-state index in [-0.39, 0.29) is 11.9 Å². The Balaban J connectivity index is 1.73. The molecule has 0 spiro atoms. The average molecular weight is 294 g/mol. The number of benzene rings is 2. The first-order valence-electron chi connectivity index (χ1n) is 7.86. The molecule has 1 fully saturated rings. The molecular formula is C19H22N2O. The van der Waals surface area contributed by atoms with E-state index in [4.69, 9.17) is 0 Å². The number of rotatable bonds is 6. The summed E-state index contributed by atoms with van der Waals surface area (Å²) in [6.07, 6.45) is 2.23. The predicted octanol–water partition coefficient (Wildman–Crippen LogP) is 2.95. The van der Waals surface area contributed by atoms with Gasteiger partial charge in [0.15, 0.2) is 0 Å². The third kappa shape index (κ3) is 3.95. The molecule has 2 aromatic carbocycles. The molecule has 114 valence electrons. The Morgan fingerprint density at radius 3 is 2.32 bits per heavy atom. The van der Waals surface area contributed by atoms with Gasteiger partial charge in [-0.2, -0.15) is 0 Å². The van der Waals surface area contributed by atoms with Gasteiger partial charge in [-0.25, -0.2) is 0 Å². The van der Waals surface area contributed by atoms with E-state index in [0.29, 0.717) is 12.6 Å². The first kappa shape index (κ1) is 14.8. The van der Waals surface area contributed by atoms with Gasteiger partial charge >= 0.3 is 0 Å². The topological polar surface area (TPSA) is 41.1 Å². The largest absolute Gasteiger partial charge is 0.352 e. The summed E-state index contributed by atoms with van der Waals surface area (Å²) in [6, 6.07) is 19.2. The SMILES string of the molecule is Cc1ccc(C(NCC(=O)NC2CC2)c2ccccc2)cc1. The lowest BCUT2D eigenvalue weighted by molar-refractivity contribution is -0.120. The van der Waals surface area contributed by atoms with Crippen LogP contribution in [0.4, 0.5) is 0 Å². The van der Waals surface area contributed by atoms with E-state index in [1.54, 1.807) is 0 Å². The molecule has 3 nitrogen and oxygen atoms in total. The lowest BCUT2D eigenvalue weighted by Gasteiger charge is -2.20. The Kier molecular flexibility index (Phi) is 4.54. The highest BCUT2D eigenvalue weighted by Crippen LogP contribution is 2.22. The quantitative estimate of drug-likeness (QED) is 0.860. The van der Waals surface area contributed by atoms with Crippen molar-refractivity contribution in [1.82, 2.24) is 10.6 Å². The molecule has 3 heteroatoms. The molecule has 1 saturated carbocycles. The number of aryl methyl sites for hydroxylation is 1. The molecule has 0 aliphatic heterocycles. The fourth-order valence-electron chi connectivity index (χ4n) is 2.53. The first-order chi connectivity index (χ1) is 10.7. The Morgan fingerprint density at radius 2 is 1.68 bits per heavy atom. The molecule has 2 aromatic rings. The Morgan fingerprint density at radius 1 is 1.05 bits per heavy atom. The maximum Gasteiger partial charge on any atom is 0.234 e. The molecule has 1 atom stereocenters. The third-order valence-corrected chi connectivity index (χ3v) is 3.95. The van der Waals surface area contributed by atoms with Crippen molar-refractivity contribution in [2.45, 2.75) is 31.8 Å². The van der Waals surface area contributed by atoms with Crippen LogP contribution in [0.1, 0.15) is 35.6 Å². The van der Waals surface area contributed by atoms with Crippen LogP contribution in [-0.4, -0.2) is 18.5 Å². The van der Waals surface area contributed by atoms with E-state index >= 15 is 0 Å². The van der Waals surface area contributed by atoms with Crippen molar-refractivity contribution < 1.29 is 4.79 Å². The number of hydrogen-bond acceptors (Lipinski definition) is 2. The van der Waals surface area contributed by atoms with Crippen LogP contribution in [0.15, 0.2) is 54.6 Å². The molecule has 1 aliphatic carbocycles. The second-order valence-corrected chi connectivity index (χ2v) is 5.98. The van der Waals surface area contributed by atoms with Crippen LogP contribution < -0.4 is 10.6 Å². The maximum atomic E-state index is 11.9. The molecule has 1 amide bonds. The summed E-state index contributed by atoms with van der Waals surface area (Å²) in [5.41, 5.74) is 3.59. The van der Waals surface area contributed by atoms with Gasteiger partial charge in [0.05, 0.1) is 12.6 Å². The fraction of sp³-hybridized carbons (Fsp3) is 0.316. The summed E-state index contributed by atoms with van der Waals surface area (Å²) in [5, 5.41) is 6.41. The van der Waals surface area contributed by atoms with E-state index in [1.807, 2.05) is 18.2 Å². The summed E-state index contributed by atoms with van der Waals surface area (Å²) in [5.74, 6) is 0.0792. The smallest absolute Gasteiger partial charge is 0.234 e. The molecule has 0 saturated heterocycles. The minimum atomic E-state index is 0.0340. The Bertz CT molecular complexity index is 618. The predicted molar refractivity (Wildman–Crippen MR) is 88.6 cm³/mol. The van der Waals surface area contributed by atoms with E-state index in [2.05, 4.69) is 54.0 Å². The number of hydrogen-bond donors (Lipinski definition) is 2. The monoisotopic (exact) mass is 294 g/mol. The van der Waals surface area contributed by atoms with Crippen LogP contribution in [0.2, 0.25) is 0 Å². The zero-order valence-electron chi connectivity index (χ0n) is 12.9. The lowest BCUT2D eigenvalue weighted by Crippen LogP contribution is -2.37. The number of carbonyl (C=O) groups excluding carboxylic acids is 1. The van der Waals surface area contributed by atoms with Gasteiger partial charge in [0.2, 0.25) is 5.91 Å². The minimum Gasteiger partial charge on any atom is -0.352 e. The minimum absolute atomic E-state index is 0.0340. The molecule has 0 bridgehead atoms. The van der Waals surface area contributed by atoms with Crippen LogP contribution in [0.25, 0.3) is 0 Å². The van der Waals surface area contributed by atoms with E-state index in [0.717, 1.165) is 12.8 Å². The number of carbonyl (C=O) groups is 1. The molecule has 0 radical (unpaired) electrons. The van der Waals surface area contributed by atoms with Crippen LogP contribution in [0.5, 0.6) is 0 Å². The Hall–Kier alpha value is -2.13. The molecular weight excluding hydrogens is 272 g/mol. The van der Waals surface area contributed by atoms with Crippen molar-refractivity contribution in [3.05, 3.63) is 71.3 Å². The molecule has 0 aromatic heterocycles. The normalized spacial score (nSPS) is 15.3. The van der Waals surface area contributed by atoms with Gasteiger partial charge < -0.3 is 5.32 Å².